The van der Waals surface area contributed by atoms with E-state index >= 15 is 0 Å². The van der Waals surface area contributed by atoms with Gasteiger partial charge in [0.25, 0.3) is 0 Å². The van der Waals surface area contributed by atoms with Crippen molar-refractivity contribution in [3.05, 3.63) is 48.0 Å². The second-order valence-corrected chi connectivity index (χ2v) is 7.74. The first-order valence-electron chi connectivity index (χ1n) is 10.9. The molecule has 2 aromatic rings. The highest BCUT2D eigenvalue weighted by atomic mass is 16.5. The van der Waals surface area contributed by atoms with E-state index in [1.165, 1.54) is 0 Å². The molecule has 9 heteroatoms. The van der Waals surface area contributed by atoms with Crippen molar-refractivity contribution >= 4 is 17.6 Å². The molecule has 3 amide bonds. The lowest BCUT2D eigenvalue weighted by Crippen LogP contribution is -2.54. The van der Waals surface area contributed by atoms with Crippen LogP contribution in [0.1, 0.15) is 12.0 Å². The molecular weight excluding hydrogens is 424 g/mol. The van der Waals surface area contributed by atoms with Gasteiger partial charge < -0.3 is 35.1 Å². The van der Waals surface area contributed by atoms with Crippen LogP contribution in [0.3, 0.4) is 0 Å². The number of urea groups is 1. The molecule has 1 atom stereocenters. The molecule has 0 aliphatic carbocycles. The number of hydrogen-bond donors (Lipinski definition) is 3. The number of amides is 3. The van der Waals surface area contributed by atoms with Gasteiger partial charge in [-0.25, -0.2) is 4.79 Å². The highest BCUT2D eigenvalue weighted by Gasteiger charge is 2.25. The minimum Gasteiger partial charge on any atom is -0.497 e. The van der Waals surface area contributed by atoms with Gasteiger partial charge in [-0.1, -0.05) is 0 Å². The number of rotatable bonds is 9. The lowest BCUT2D eigenvalue weighted by molar-refractivity contribution is -0.121. The molecular formula is C24H32N4O5. The van der Waals surface area contributed by atoms with Crippen molar-refractivity contribution in [2.75, 3.05) is 52.8 Å². The van der Waals surface area contributed by atoms with Crippen molar-refractivity contribution in [2.24, 2.45) is 0 Å². The zero-order chi connectivity index (χ0) is 23.6. The number of anilines is 1. The summed E-state index contributed by atoms with van der Waals surface area (Å²) >= 11 is 0. The van der Waals surface area contributed by atoms with Crippen molar-refractivity contribution in [1.29, 1.82) is 0 Å². The van der Waals surface area contributed by atoms with Gasteiger partial charge >= 0.3 is 6.03 Å². The summed E-state index contributed by atoms with van der Waals surface area (Å²) in [6.07, 6.45) is 0.919. The van der Waals surface area contributed by atoms with Crippen LogP contribution in [0.5, 0.6) is 17.2 Å². The van der Waals surface area contributed by atoms with Gasteiger partial charge in [0, 0.05) is 44.3 Å². The molecule has 3 N–H and O–H groups in total. The minimum atomic E-state index is -0.183. The summed E-state index contributed by atoms with van der Waals surface area (Å²) < 4.78 is 15.8. The maximum absolute atomic E-state index is 12.6. The van der Waals surface area contributed by atoms with Gasteiger partial charge in [-0.3, -0.25) is 4.79 Å². The van der Waals surface area contributed by atoms with Gasteiger partial charge in [0.05, 0.1) is 21.3 Å². The van der Waals surface area contributed by atoms with E-state index in [4.69, 9.17) is 14.2 Å². The zero-order valence-electron chi connectivity index (χ0n) is 19.3. The Morgan fingerprint density at radius 1 is 1.03 bits per heavy atom. The number of piperazine rings is 1. The molecule has 0 saturated carbocycles. The van der Waals surface area contributed by atoms with E-state index in [1.807, 2.05) is 18.2 Å². The highest BCUT2D eigenvalue weighted by molar-refractivity contribution is 5.89. The quantitative estimate of drug-likeness (QED) is 0.535. The summed E-state index contributed by atoms with van der Waals surface area (Å²) in [5, 5.41) is 9.17. The van der Waals surface area contributed by atoms with Crippen molar-refractivity contribution < 1.29 is 23.8 Å². The molecule has 2 aromatic carbocycles. The standard InChI is InChI=1S/C24H32N4O5/c1-31-20-6-4-18(5-7-20)27-24(30)28-13-12-25-19(16-28)15-23(29)26-11-10-17-14-21(32-2)8-9-22(17)33-3/h4-9,14,19,25H,10-13,15-16H2,1-3H3,(H,26,29)(H,27,30). The minimum absolute atomic E-state index is 0.0632. The van der Waals surface area contributed by atoms with Crippen LogP contribution >= 0.6 is 0 Å². The first-order valence-corrected chi connectivity index (χ1v) is 10.9. The Morgan fingerprint density at radius 3 is 2.45 bits per heavy atom. The highest BCUT2D eigenvalue weighted by Crippen LogP contribution is 2.24. The molecule has 1 heterocycles. The molecule has 1 saturated heterocycles. The fraction of sp³-hybridized carbons (Fsp3) is 0.417. The normalized spacial score (nSPS) is 15.5. The summed E-state index contributed by atoms with van der Waals surface area (Å²) in [7, 11) is 4.83. The SMILES string of the molecule is COc1ccc(NC(=O)N2CCNC(CC(=O)NCCc3cc(OC)ccc3OC)C2)cc1. The lowest BCUT2D eigenvalue weighted by Gasteiger charge is -2.33. The van der Waals surface area contributed by atoms with Crippen LogP contribution in [0.4, 0.5) is 10.5 Å². The molecule has 1 aliphatic rings. The van der Waals surface area contributed by atoms with Crippen LogP contribution in [-0.2, 0) is 11.2 Å². The molecule has 0 spiro atoms. The Bertz CT molecular complexity index is 935. The number of nitrogens with one attached hydrogen (secondary N) is 3. The molecule has 1 fully saturated rings. The monoisotopic (exact) mass is 456 g/mol. The maximum Gasteiger partial charge on any atom is 0.321 e. The molecule has 33 heavy (non-hydrogen) atoms. The van der Waals surface area contributed by atoms with Crippen molar-refractivity contribution in [2.45, 2.75) is 18.9 Å². The molecule has 1 aliphatic heterocycles. The van der Waals surface area contributed by atoms with E-state index in [-0.39, 0.29) is 18.0 Å². The van der Waals surface area contributed by atoms with Gasteiger partial charge in [0.1, 0.15) is 17.2 Å². The Kier molecular flexibility index (Phi) is 8.77. The largest absolute Gasteiger partial charge is 0.497 e. The van der Waals surface area contributed by atoms with Gasteiger partial charge in [-0.05, 0) is 54.4 Å². The van der Waals surface area contributed by atoms with Gasteiger partial charge in [-0.15, -0.1) is 0 Å². The summed E-state index contributed by atoms with van der Waals surface area (Å²) in [4.78, 5) is 26.8. The van der Waals surface area contributed by atoms with Gasteiger partial charge in [-0.2, -0.15) is 0 Å². The molecule has 0 bridgehead atoms. The Labute approximate surface area is 194 Å². The fourth-order valence-corrected chi connectivity index (χ4v) is 3.73. The van der Waals surface area contributed by atoms with E-state index in [1.54, 1.807) is 50.5 Å². The van der Waals surface area contributed by atoms with E-state index in [0.29, 0.717) is 44.7 Å². The van der Waals surface area contributed by atoms with Crippen LogP contribution < -0.4 is 30.2 Å². The number of hydrogen-bond acceptors (Lipinski definition) is 6. The number of benzene rings is 2. The van der Waals surface area contributed by atoms with Crippen LogP contribution in [0.15, 0.2) is 42.5 Å². The molecule has 1 unspecified atom stereocenters. The van der Waals surface area contributed by atoms with Crippen LogP contribution in [0.25, 0.3) is 0 Å². The number of carbonyl (C=O) groups excluding carboxylic acids is 2. The van der Waals surface area contributed by atoms with Crippen molar-refractivity contribution in [3.63, 3.8) is 0 Å². The second kappa shape index (κ2) is 12.0. The number of carbonyl (C=O) groups is 2. The molecule has 0 radical (unpaired) electrons. The maximum atomic E-state index is 12.6. The summed E-state index contributed by atoms with van der Waals surface area (Å²) in [6.45, 7) is 2.15. The van der Waals surface area contributed by atoms with E-state index in [0.717, 1.165) is 22.8 Å². The zero-order valence-corrected chi connectivity index (χ0v) is 19.3. The van der Waals surface area contributed by atoms with Crippen LogP contribution in [-0.4, -0.2) is 70.4 Å². The summed E-state index contributed by atoms with van der Waals surface area (Å²) in [5.74, 6) is 2.17. The van der Waals surface area contributed by atoms with Gasteiger partial charge in [0.15, 0.2) is 0 Å². The second-order valence-electron chi connectivity index (χ2n) is 7.74. The molecule has 178 valence electrons. The number of ether oxygens (including phenoxy) is 3. The average molecular weight is 457 g/mol. The average Bonchev–Trinajstić information content (AvgIpc) is 2.84. The third-order valence-electron chi connectivity index (χ3n) is 5.52. The van der Waals surface area contributed by atoms with E-state index in [2.05, 4.69) is 16.0 Å². The van der Waals surface area contributed by atoms with E-state index in [9.17, 15) is 9.59 Å². The number of nitrogens with zero attached hydrogens (tertiary/aromatic N) is 1. The van der Waals surface area contributed by atoms with Gasteiger partial charge in [0.2, 0.25) is 5.91 Å². The third kappa shape index (κ3) is 7.01. The first kappa shape index (κ1) is 24.2. The predicted octanol–water partition coefficient (Wildman–Crippen LogP) is 2.27. The Morgan fingerprint density at radius 2 is 1.76 bits per heavy atom. The number of methoxy groups -OCH3 is 3. The van der Waals surface area contributed by atoms with Crippen molar-refractivity contribution in [1.82, 2.24) is 15.5 Å². The Hall–Kier alpha value is -3.46. The summed E-state index contributed by atoms with van der Waals surface area (Å²) in [6, 6.07) is 12.5. The lowest BCUT2D eigenvalue weighted by atomic mass is 10.1. The first-order chi connectivity index (χ1) is 16.0. The summed E-state index contributed by atoms with van der Waals surface area (Å²) in [5.41, 5.74) is 1.66. The third-order valence-corrected chi connectivity index (χ3v) is 5.52. The van der Waals surface area contributed by atoms with Crippen molar-refractivity contribution in [3.8, 4) is 17.2 Å². The van der Waals surface area contributed by atoms with Crippen LogP contribution in [0, 0.1) is 0 Å². The fourth-order valence-electron chi connectivity index (χ4n) is 3.73. The predicted molar refractivity (Wildman–Crippen MR) is 126 cm³/mol. The molecule has 3 rings (SSSR count). The topological polar surface area (TPSA) is 101 Å². The molecule has 9 nitrogen and oxygen atoms in total. The molecule has 0 aromatic heterocycles. The van der Waals surface area contributed by atoms with E-state index < -0.39 is 0 Å². The Balaban J connectivity index is 1.44. The smallest absolute Gasteiger partial charge is 0.321 e. The van der Waals surface area contributed by atoms with Crippen LogP contribution in [0.2, 0.25) is 0 Å².